The average molecular weight is 247 g/mol. The molecule has 0 fully saturated rings. The Hall–Kier alpha value is -1.39. The van der Waals surface area contributed by atoms with Crippen molar-refractivity contribution in [1.29, 1.82) is 0 Å². The van der Waals surface area contributed by atoms with Crippen LogP contribution in [0.5, 0.6) is 0 Å². The fraction of sp³-hybridized carbons (Fsp3) is 0.500. The number of rotatable bonds is 4. The lowest BCUT2D eigenvalue weighted by atomic mass is 10.1. The molecule has 0 bridgehead atoms. The molecule has 4 heteroatoms. The van der Waals surface area contributed by atoms with Gasteiger partial charge in [-0.15, -0.1) is 0 Å². The van der Waals surface area contributed by atoms with E-state index < -0.39 is 0 Å². The van der Waals surface area contributed by atoms with Crippen LogP contribution in [0, 0.1) is 13.8 Å². The second kappa shape index (κ2) is 5.08. The summed E-state index contributed by atoms with van der Waals surface area (Å²) in [5, 5.41) is 9.21. The van der Waals surface area contributed by atoms with E-state index in [0.29, 0.717) is 6.54 Å². The summed E-state index contributed by atoms with van der Waals surface area (Å²) in [5.41, 5.74) is 10.6. The highest BCUT2D eigenvalue weighted by Gasteiger charge is 2.16. The highest BCUT2D eigenvalue weighted by atomic mass is 16.3. The van der Waals surface area contributed by atoms with E-state index in [2.05, 4.69) is 31.0 Å². The van der Waals surface area contributed by atoms with Crippen molar-refractivity contribution in [3.8, 4) is 0 Å². The van der Waals surface area contributed by atoms with Gasteiger partial charge in [-0.05, 0) is 43.5 Å². The van der Waals surface area contributed by atoms with Gasteiger partial charge in [0, 0.05) is 6.54 Å². The van der Waals surface area contributed by atoms with Crippen LogP contribution in [0.15, 0.2) is 12.1 Å². The predicted octanol–water partition coefficient (Wildman–Crippen LogP) is 2.06. The summed E-state index contributed by atoms with van der Waals surface area (Å²) >= 11 is 0. The van der Waals surface area contributed by atoms with Crippen LogP contribution in [0.3, 0.4) is 0 Å². The number of hydrogen-bond donors (Lipinski definition) is 2. The molecule has 0 aliphatic rings. The van der Waals surface area contributed by atoms with Crippen molar-refractivity contribution < 1.29 is 5.11 Å². The Labute approximate surface area is 107 Å². The van der Waals surface area contributed by atoms with Gasteiger partial charge in [-0.25, -0.2) is 4.98 Å². The van der Waals surface area contributed by atoms with E-state index in [1.807, 2.05) is 11.5 Å². The summed E-state index contributed by atoms with van der Waals surface area (Å²) in [6, 6.07) is 4.13. The van der Waals surface area contributed by atoms with Gasteiger partial charge >= 0.3 is 0 Å². The lowest BCUT2D eigenvalue weighted by Crippen LogP contribution is -2.17. The predicted molar refractivity (Wildman–Crippen MR) is 73.5 cm³/mol. The third-order valence-electron chi connectivity index (χ3n) is 3.49. The molecular weight excluding hydrogens is 226 g/mol. The summed E-state index contributed by atoms with van der Waals surface area (Å²) in [5.74, 6) is 0.867. The zero-order valence-corrected chi connectivity index (χ0v) is 11.3. The summed E-state index contributed by atoms with van der Waals surface area (Å²) in [6.45, 7) is 6.86. The van der Waals surface area contributed by atoms with Gasteiger partial charge in [0.2, 0.25) is 0 Å². The Bertz CT molecular complexity index is 560. The number of imidazole rings is 1. The van der Waals surface area contributed by atoms with Crippen LogP contribution >= 0.6 is 0 Å². The number of nitrogens with zero attached hydrogens (tertiary/aromatic N) is 2. The van der Waals surface area contributed by atoms with Crippen LogP contribution in [0.2, 0.25) is 0 Å². The van der Waals surface area contributed by atoms with E-state index >= 15 is 0 Å². The molecule has 1 unspecified atom stereocenters. The quantitative estimate of drug-likeness (QED) is 0.869. The van der Waals surface area contributed by atoms with Crippen LogP contribution in [0.25, 0.3) is 11.0 Å². The third kappa shape index (κ3) is 2.13. The fourth-order valence-electron chi connectivity index (χ4n) is 2.20. The van der Waals surface area contributed by atoms with Gasteiger partial charge in [0.15, 0.2) is 0 Å². The van der Waals surface area contributed by atoms with Gasteiger partial charge in [-0.2, -0.15) is 0 Å². The Kier molecular flexibility index (Phi) is 3.68. The first-order valence-electron chi connectivity index (χ1n) is 6.42. The summed E-state index contributed by atoms with van der Waals surface area (Å²) in [4.78, 5) is 4.63. The van der Waals surface area contributed by atoms with Crippen molar-refractivity contribution in [3.05, 3.63) is 29.1 Å². The zero-order valence-electron chi connectivity index (χ0n) is 11.3. The van der Waals surface area contributed by atoms with Crippen LogP contribution in [-0.4, -0.2) is 21.3 Å². The molecule has 0 spiro atoms. The Morgan fingerprint density at radius 1 is 1.33 bits per heavy atom. The highest BCUT2D eigenvalue weighted by molar-refractivity contribution is 5.78. The molecule has 0 aliphatic carbocycles. The maximum absolute atomic E-state index is 9.21. The number of hydrogen-bond acceptors (Lipinski definition) is 3. The van der Waals surface area contributed by atoms with E-state index in [0.717, 1.165) is 23.3 Å². The Morgan fingerprint density at radius 3 is 2.61 bits per heavy atom. The fourth-order valence-corrected chi connectivity index (χ4v) is 2.20. The molecule has 0 amide bonds. The maximum Gasteiger partial charge on any atom is 0.126 e. The molecule has 1 heterocycles. The average Bonchev–Trinajstić information content (AvgIpc) is 2.68. The molecular formula is C14H21N3O. The van der Waals surface area contributed by atoms with Crippen LogP contribution < -0.4 is 5.73 Å². The number of aryl methyl sites for hydroxylation is 2. The molecule has 4 nitrogen and oxygen atoms in total. The molecule has 0 radical (unpaired) electrons. The Balaban J connectivity index is 2.67. The van der Waals surface area contributed by atoms with Gasteiger partial charge in [0.1, 0.15) is 5.82 Å². The minimum atomic E-state index is -0.0791. The normalized spacial score (nSPS) is 13.2. The monoisotopic (exact) mass is 247 g/mol. The van der Waals surface area contributed by atoms with Crippen LogP contribution in [0.1, 0.15) is 36.3 Å². The molecule has 0 saturated heterocycles. The largest absolute Gasteiger partial charge is 0.395 e. The van der Waals surface area contributed by atoms with Gasteiger partial charge < -0.3 is 15.4 Å². The summed E-state index contributed by atoms with van der Waals surface area (Å²) < 4.78 is 2.04. The minimum absolute atomic E-state index is 0.0791. The molecule has 2 aromatic rings. The topological polar surface area (TPSA) is 64.1 Å². The van der Waals surface area contributed by atoms with E-state index in [-0.39, 0.29) is 12.6 Å². The smallest absolute Gasteiger partial charge is 0.126 e. The molecule has 1 aromatic heterocycles. The Morgan fingerprint density at radius 2 is 2.00 bits per heavy atom. The SMILES string of the molecule is CCC(N)c1nc2cc(C)c(C)cc2n1CCO. The molecule has 0 aliphatic heterocycles. The number of fused-ring (bicyclic) bond motifs is 1. The molecule has 0 saturated carbocycles. The van der Waals surface area contributed by atoms with E-state index in [9.17, 15) is 5.11 Å². The van der Waals surface area contributed by atoms with Gasteiger partial charge in [-0.1, -0.05) is 6.92 Å². The first-order chi connectivity index (χ1) is 8.58. The molecule has 2 rings (SSSR count). The van der Waals surface area contributed by atoms with E-state index in [1.165, 1.54) is 11.1 Å². The standard InChI is InChI=1S/C14H21N3O/c1-4-11(15)14-16-12-7-9(2)10(3)8-13(12)17(14)5-6-18/h7-8,11,18H,4-6,15H2,1-3H3. The molecule has 3 N–H and O–H groups in total. The lowest BCUT2D eigenvalue weighted by molar-refractivity contribution is 0.275. The van der Waals surface area contributed by atoms with Crippen LogP contribution in [-0.2, 0) is 6.54 Å². The van der Waals surface area contributed by atoms with E-state index in [4.69, 9.17) is 5.73 Å². The molecule has 1 atom stereocenters. The van der Waals surface area contributed by atoms with Gasteiger partial charge in [-0.3, -0.25) is 0 Å². The first kappa shape index (κ1) is 13.1. The van der Waals surface area contributed by atoms with Crippen molar-refractivity contribution >= 4 is 11.0 Å². The zero-order chi connectivity index (χ0) is 13.3. The minimum Gasteiger partial charge on any atom is -0.395 e. The molecule has 98 valence electrons. The van der Waals surface area contributed by atoms with Crippen molar-refractivity contribution in [3.63, 3.8) is 0 Å². The van der Waals surface area contributed by atoms with Crippen molar-refractivity contribution in [2.24, 2.45) is 5.73 Å². The van der Waals surface area contributed by atoms with Crippen molar-refractivity contribution in [1.82, 2.24) is 9.55 Å². The van der Waals surface area contributed by atoms with Gasteiger partial charge in [0.25, 0.3) is 0 Å². The summed E-state index contributed by atoms with van der Waals surface area (Å²) in [6.07, 6.45) is 0.840. The van der Waals surface area contributed by atoms with Crippen LogP contribution in [0.4, 0.5) is 0 Å². The van der Waals surface area contributed by atoms with E-state index in [1.54, 1.807) is 0 Å². The number of benzene rings is 1. The van der Waals surface area contributed by atoms with Gasteiger partial charge in [0.05, 0.1) is 23.7 Å². The number of aliphatic hydroxyl groups is 1. The van der Waals surface area contributed by atoms with Crippen molar-refractivity contribution in [2.45, 2.75) is 39.8 Å². The third-order valence-corrected chi connectivity index (χ3v) is 3.49. The second-order valence-corrected chi connectivity index (χ2v) is 4.79. The summed E-state index contributed by atoms with van der Waals surface area (Å²) in [7, 11) is 0. The van der Waals surface area contributed by atoms with Crippen molar-refractivity contribution in [2.75, 3.05) is 6.61 Å². The number of nitrogens with two attached hydrogens (primary N) is 1. The molecule has 1 aromatic carbocycles. The first-order valence-corrected chi connectivity index (χ1v) is 6.42. The number of aliphatic hydroxyl groups excluding tert-OH is 1. The highest BCUT2D eigenvalue weighted by Crippen LogP contribution is 2.24. The lowest BCUT2D eigenvalue weighted by Gasteiger charge is -2.12. The number of aromatic nitrogens is 2. The maximum atomic E-state index is 9.21. The molecule has 18 heavy (non-hydrogen) atoms. The second-order valence-electron chi connectivity index (χ2n) is 4.79.